The first kappa shape index (κ1) is 25.9. The van der Waals surface area contributed by atoms with E-state index in [0.717, 1.165) is 16.7 Å². The number of oxime groups is 1. The fourth-order valence-corrected chi connectivity index (χ4v) is 4.10. The molecule has 0 aliphatic carbocycles. The lowest BCUT2D eigenvalue weighted by Gasteiger charge is -2.22. The molecule has 184 valence electrons. The normalized spacial score (nSPS) is 13.5. The second kappa shape index (κ2) is 11.6. The van der Waals surface area contributed by atoms with Crippen LogP contribution in [-0.2, 0) is 7.05 Å². The summed E-state index contributed by atoms with van der Waals surface area (Å²) >= 11 is 0. The molecule has 0 aliphatic heterocycles. The van der Waals surface area contributed by atoms with Gasteiger partial charge in [-0.05, 0) is 47.7 Å². The summed E-state index contributed by atoms with van der Waals surface area (Å²) in [5.74, 6) is -0.265. The van der Waals surface area contributed by atoms with Gasteiger partial charge in [0, 0.05) is 42.8 Å². The van der Waals surface area contributed by atoms with Crippen LogP contribution in [0.3, 0.4) is 0 Å². The first-order valence-corrected chi connectivity index (χ1v) is 11.7. The molecule has 35 heavy (non-hydrogen) atoms. The third kappa shape index (κ3) is 6.25. The van der Waals surface area contributed by atoms with Gasteiger partial charge >= 0.3 is 0 Å². The molecule has 2 atom stereocenters. The number of carbonyl (C=O) groups excluding carboxylic acids is 1. The largest absolute Gasteiger partial charge is 0.411 e. The molecule has 1 heterocycles. The fourth-order valence-electron chi connectivity index (χ4n) is 4.10. The van der Waals surface area contributed by atoms with Gasteiger partial charge in [0.25, 0.3) is 5.91 Å². The average molecular weight is 476 g/mol. The minimum Gasteiger partial charge on any atom is -0.411 e. The van der Waals surface area contributed by atoms with Crippen LogP contribution in [-0.4, -0.2) is 39.1 Å². The maximum atomic E-state index is 12.7. The SMILES string of the molecule is Cc1ccccc1C(CC(=NO)c1ccc(=O)n(C)c1)c1ccc(C(=O)N[C@@H](CO)C(C)C)cc1. The highest BCUT2D eigenvalue weighted by Gasteiger charge is 2.22. The van der Waals surface area contributed by atoms with Gasteiger partial charge in [0.2, 0.25) is 5.56 Å². The van der Waals surface area contributed by atoms with E-state index in [-0.39, 0.29) is 36.0 Å². The molecule has 0 fully saturated rings. The molecule has 7 heteroatoms. The number of aliphatic hydroxyl groups is 1. The van der Waals surface area contributed by atoms with Crippen LogP contribution in [0.1, 0.15) is 58.8 Å². The van der Waals surface area contributed by atoms with E-state index in [2.05, 4.69) is 10.5 Å². The molecule has 1 amide bonds. The minimum absolute atomic E-state index is 0.113. The number of carbonyl (C=O) groups is 1. The standard InChI is InChI=1S/C28H33N3O4/c1-18(2)26(17-32)29-28(34)21-11-9-20(10-12-21)24(23-8-6-5-7-19(23)3)15-25(30-35)22-13-14-27(33)31(4)16-22/h5-14,16,18,24,26,32,35H,15,17H2,1-4H3,(H,29,34)/t24?,26-/m0/s1. The van der Waals surface area contributed by atoms with E-state index in [4.69, 9.17) is 0 Å². The molecule has 0 saturated heterocycles. The fraction of sp³-hybridized carbons (Fsp3) is 0.321. The predicted molar refractivity (Wildman–Crippen MR) is 137 cm³/mol. The molecular formula is C28H33N3O4. The van der Waals surface area contributed by atoms with Gasteiger partial charge < -0.3 is 20.2 Å². The monoisotopic (exact) mass is 475 g/mol. The van der Waals surface area contributed by atoms with Crippen LogP contribution < -0.4 is 10.9 Å². The maximum Gasteiger partial charge on any atom is 0.251 e. The molecule has 1 unspecified atom stereocenters. The van der Waals surface area contributed by atoms with Crippen LogP contribution in [0.5, 0.6) is 0 Å². The number of benzene rings is 2. The molecule has 0 saturated carbocycles. The Kier molecular flexibility index (Phi) is 8.60. The molecular weight excluding hydrogens is 442 g/mol. The summed E-state index contributed by atoms with van der Waals surface area (Å²) in [6, 6.07) is 18.2. The molecule has 2 aromatic carbocycles. The minimum atomic E-state index is -0.313. The van der Waals surface area contributed by atoms with Crippen molar-refractivity contribution in [2.75, 3.05) is 6.61 Å². The Balaban J connectivity index is 1.95. The van der Waals surface area contributed by atoms with E-state index < -0.39 is 0 Å². The quantitative estimate of drug-likeness (QED) is 0.248. The van der Waals surface area contributed by atoms with Crippen molar-refractivity contribution in [2.24, 2.45) is 18.1 Å². The Bertz CT molecular complexity index is 1250. The summed E-state index contributed by atoms with van der Waals surface area (Å²) < 4.78 is 1.45. The predicted octanol–water partition coefficient (Wildman–Crippen LogP) is 3.84. The van der Waals surface area contributed by atoms with Crippen molar-refractivity contribution in [3.05, 3.63) is 105 Å². The van der Waals surface area contributed by atoms with E-state index in [1.807, 2.05) is 57.2 Å². The third-order valence-corrected chi connectivity index (χ3v) is 6.39. The number of aromatic nitrogens is 1. The number of hydrogen-bond acceptors (Lipinski definition) is 5. The summed E-state index contributed by atoms with van der Waals surface area (Å²) in [6.07, 6.45) is 2.05. The van der Waals surface area contributed by atoms with Crippen LogP contribution in [0.25, 0.3) is 0 Å². The van der Waals surface area contributed by atoms with E-state index in [1.165, 1.54) is 10.6 Å². The van der Waals surface area contributed by atoms with Crippen LogP contribution >= 0.6 is 0 Å². The lowest BCUT2D eigenvalue weighted by Crippen LogP contribution is -2.41. The van der Waals surface area contributed by atoms with Gasteiger partial charge in [-0.25, -0.2) is 0 Å². The average Bonchev–Trinajstić information content (AvgIpc) is 2.85. The maximum absolute atomic E-state index is 12.7. The zero-order chi connectivity index (χ0) is 25.5. The zero-order valence-electron chi connectivity index (χ0n) is 20.6. The van der Waals surface area contributed by atoms with Crippen molar-refractivity contribution >= 4 is 11.6 Å². The number of amides is 1. The summed E-state index contributed by atoms with van der Waals surface area (Å²) in [6.45, 7) is 5.81. The van der Waals surface area contributed by atoms with Crippen LogP contribution in [0.15, 0.2) is 76.8 Å². The third-order valence-electron chi connectivity index (χ3n) is 6.39. The smallest absolute Gasteiger partial charge is 0.251 e. The van der Waals surface area contributed by atoms with E-state index in [9.17, 15) is 19.9 Å². The Labute approximate surface area is 205 Å². The van der Waals surface area contributed by atoms with Crippen LogP contribution in [0, 0.1) is 12.8 Å². The van der Waals surface area contributed by atoms with E-state index in [0.29, 0.717) is 23.3 Å². The number of rotatable bonds is 9. The molecule has 1 aromatic heterocycles. The highest BCUT2D eigenvalue weighted by molar-refractivity contribution is 6.00. The van der Waals surface area contributed by atoms with Gasteiger partial charge in [0.05, 0.1) is 18.4 Å². The first-order valence-electron chi connectivity index (χ1n) is 11.7. The molecule has 3 aromatic rings. The lowest BCUT2D eigenvalue weighted by atomic mass is 9.83. The number of nitrogens with zero attached hydrogens (tertiary/aromatic N) is 2. The van der Waals surface area contributed by atoms with Crippen molar-refractivity contribution < 1.29 is 15.1 Å². The Morgan fingerprint density at radius 1 is 1.03 bits per heavy atom. The molecule has 3 N–H and O–H groups in total. The lowest BCUT2D eigenvalue weighted by molar-refractivity contribution is 0.0897. The second-order valence-electron chi connectivity index (χ2n) is 9.16. The van der Waals surface area contributed by atoms with Gasteiger partial charge in [0.15, 0.2) is 0 Å². The van der Waals surface area contributed by atoms with Gasteiger partial charge in [-0.3, -0.25) is 9.59 Å². The summed E-state index contributed by atoms with van der Waals surface area (Å²) in [5.41, 5.74) is 4.62. The number of pyridine rings is 1. The number of aryl methyl sites for hydroxylation is 2. The highest BCUT2D eigenvalue weighted by atomic mass is 16.4. The topological polar surface area (TPSA) is 104 Å². The summed E-state index contributed by atoms with van der Waals surface area (Å²) in [4.78, 5) is 24.5. The van der Waals surface area contributed by atoms with Gasteiger partial charge in [-0.1, -0.05) is 55.4 Å². The van der Waals surface area contributed by atoms with Crippen molar-refractivity contribution in [3.8, 4) is 0 Å². The highest BCUT2D eigenvalue weighted by Crippen LogP contribution is 2.32. The van der Waals surface area contributed by atoms with Crippen LogP contribution in [0.4, 0.5) is 0 Å². The van der Waals surface area contributed by atoms with E-state index in [1.54, 1.807) is 31.4 Å². The van der Waals surface area contributed by atoms with Crippen molar-refractivity contribution in [3.63, 3.8) is 0 Å². The number of nitrogens with one attached hydrogen (secondary N) is 1. The Hall–Kier alpha value is -3.71. The zero-order valence-corrected chi connectivity index (χ0v) is 20.6. The van der Waals surface area contributed by atoms with Crippen molar-refractivity contribution in [2.45, 2.75) is 39.2 Å². The first-order chi connectivity index (χ1) is 16.7. The van der Waals surface area contributed by atoms with E-state index >= 15 is 0 Å². The van der Waals surface area contributed by atoms with Crippen molar-refractivity contribution in [1.82, 2.24) is 9.88 Å². The molecule has 7 nitrogen and oxygen atoms in total. The van der Waals surface area contributed by atoms with Crippen LogP contribution in [0.2, 0.25) is 0 Å². The molecule has 0 aliphatic rings. The molecule has 3 rings (SSSR count). The Morgan fingerprint density at radius 2 is 1.69 bits per heavy atom. The molecule has 0 radical (unpaired) electrons. The summed E-state index contributed by atoms with van der Waals surface area (Å²) in [7, 11) is 1.66. The molecule has 0 spiro atoms. The molecule has 0 bridgehead atoms. The Morgan fingerprint density at radius 3 is 2.26 bits per heavy atom. The van der Waals surface area contributed by atoms with Crippen molar-refractivity contribution in [1.29, 1.82) is 0 Å². The van der Waals surface area contributed by atoms with Gasteiger partial charge in [-0.2, -0.15) is 0 Å². The second-order valence-corrected chi connectivity index (χ2v) is 9.16. The number of aliphatic hydroxyl groups excluding tert-OH is 1. The summed E-state index contributed by atoms with van der Waals surface area (Å²) in [5, 5.41) is 25.8. The van der Waals surface area contributed by atoms with Gasteiger partial charge in [0.1, 0.15) is 0 Å². The van der Waals surface area contributed by atoms with Gasteiger partial charge in [-0.15, -0.1) is 0 Å². The number of hydrogen-bond donors (Lipinski definition) is 3.